The standard InChI is InChI=1S/C14H14F3N3/c1-10(18-9-13-6-3-7-19-20-13)11-4-2-5-12(8-11)14(15,16)17/h2-8,10,18H,9H2,1H3. The van der Waals surface area contributed by atoms with Crippen LogP contribution in [-0.4, -0.2) is 10.2 Å². The van der Waals surface area contributed by atoms with Gasteiger partial charge in [-0.25, -0.2) is 0 Å². The zero-order chi connectivity index (χ0) is 14.6. The van der Waals surface area contributed by atoms with Crippen molar-refractivity contribution in [1.82, 2.24) is 15.5 Å². The minimum Gasteiger partial charge on any atom is -0.304 e. The molecule has 0 aliphatic rings. The Morgan fingerprint density at radius 3 is 2.65 bits per heavy atom. The van der Waals surface area contributed by atoms with E-state index < -0.39 is 11.7 Å². The van der Waals surface area contributed by atoms with Crippen molar-refractivity contribution in [2.45, 2.75) is 25.7 Å². The van der Waals surface area contributed by atoms with Gasteiger partial charge in [-0.05, 0) is 36.8 Å². The molecular formula is C14H14F3N3. The Labute approximate surface area is 114 Å². The van der Waals surface area contributed by atoms with E-state index in [2.05, 4.69) is 15.5 Å². The van der Waals surface area contributed by atoms with Crippen LogP contribution < -0.4 is 5.32 Å². The molecular weight excluding hydrogens is 267 g/mol. The topological polar surface area (TPSA) is 37.8 Å². The molecule has 0 radical (unpaired) electrons. The summed E-state index contributed by atoms with van der Waals surface area (Å²) in [5, 5.41) is 10.8. The number of benzene rings is 1. The maximum absolute atomic E-state index is 12.6. The second-order valence-electron chi connectivity index (χ2n) is 4.44. The quantitative estimate of drug-likeness (QED) is 0.934. The van der Waals surface area contributed by atoms with E-state index in [9.17, 15) is 13.2 Å². The Hall–Kier alpha value is -1.95. The average Bonchev–Trinajstić information content (AvgIpc) is 2.45. The molecule has 2 aromatic rings. The summed E-state index contributed by atoms with van der Waals surface area (Å²) < 4.78 is 37.9. The number of nitrogens with one attached hydrogen (secondary N) is 1. The molecule has 3 nitrogen and oxygen atoms in total. The summed E-state index contributed by atoms with van der Waals surface area (Å²) in [4.78, 5) is 0. The fourth-order valence-corrected chi connectivity index (χ4v) is 1.79. The number of hydrogen-bond acceptors (Lipinski definition) is 3. The molecule has 0 spiro atoms. The fourth-order valence-electron chi connectivity index (χ4n) is 1.79. The van der Waals surface area contributed by atoms with Crippen LogP contribution in [0.1, 0.15) is 29.8 Å². The van der Waals surface area contributed by atoms with Crippen LogP contribution in [0.15, 0.2) is 42.6 Å². The second-order valence-corrected chi connectivity index (χ2v) is 4.44. The lowest BCUT2D eigenvalue weighted by Gasteiger charge is -2.15. The Morgan fingerprint density at radius 1 is 1.20 bits per heavy atom. The molecule has 0 bridgehead atoms. The van der Waals surface area contributed by atoms with Gasteiger partial charge < -0.3 is 5.32 Å². The molecule has 1 aromatic heterocycles. The van der Waals surface area contributed by atoms with Crippen molar-refractivity contribution in [3.8, 4) is 0 Å². The molecule has 0 saturated carbocycles. The van der Waals surface area contributed by atoms with Crippen molar-refractivity contribution in [3.63, 3.8) is 0 Å². The molecule has 2 rings (SSSR count). The lowest BCUT2D eigenvalue weighted by atomic mass is 10.0. The van der Waals surface area contributed by atoms with E-state index >= 15 is 0 Å². The zero-order valence-electron chi connectivity index (χ0n) is 10.9. The van der Waals surface area contributed by atoms with E-state index in [1.165, 1.54) is 6.07 Å². The Kier molecular flexibility index (Phi) is 4.34. The van der Waals surface area contributed by atoms with Crippen LogP contribution >= 0.6 is 0 Å². The first-order chi connectivity index (χ1) is 9.47. The summed E-state index contributed by atoms with van der Waals surface area (Å²) in [6.07, 6.45) is -2.75. The van der Waals surface area contributed by atoms with Gasteiger partial charge in [0.1, 0.15) is 0 Å². The lowest BCUT2D eigenvalue weighted by molar-refractivity contribution is -0.137. The Balaban J connectivity index is 2.04. The van der Waals surface area contributed by atoms with E-state index in [0.29, 0.717) is 12.1 Å². The highest BCUT2D eigenvalue weighted by Gasteiger charge is 2.30. The van der Waals surface area contributed by atoms with Crippen molar-refractivity contribution in [1.29, 1.82) is 0 Å². The number of rotatable bonds is 4. The van der Waals surface area contributed by atoms with Gasteiger partial charge in [-0.15, -0.1) is 0 Å². The van der Waals surface area contributed by atoms with Crippen LogP contribution in [0.5, 0.6) is 0 Å². The first-order valence-corrected chi connectivity index (χ1v) is 6.14. The predicted molar refractivity (Wildman–Crippen MR) is 68.7 cm³/mol. The van der Waals surface area contributed by atoms with Crippen LogP contribution in [0.2, 0.25) is 0 Å². The molecule has 1 unspecified atom stereocenters. The number of hydrogen-bond donors (Lipinski definition) is 1. The third-order valence-corrected chi connectivity index (χ3v) is 2.93. The molecule has 1 aromatic carbocycles. The molecule has 1 heterocycles. The molecule has 1 atom stereocenters. The van der Waals surface area contributed by atoms with Crippen molar-refractivity contribution in [2.24, 2.45) is 0 Å². The molecule has 6 heteroatoms. The third-order valence-electron chi connectivity index (χ3n) is 2.93. The number of halogens is 3. The minimum absolute atomic E-state index is 0.209. The van der Waals surface area contributed by atoms with Gasteiger partial charge in [-0.3, -0.25) is 0 Å². The summed E-state index contributed by atoms with van der Waals surface area (Å²) in [5.74, 6) is 0. The van der Waals surface area contributed by atoms with Crippen LogP contribution in [-0.2, 0) is 12.7 Å². The molecule has 0 saturated heterocycles. The molecule has 0 fully saturated rings. The monoisotopic (exact) mass is 281 g/mol. The molecule has 106 valence electrons. The van der Waals surface area contributed by atoms with E-state index in [4.69, 9.17) is 0 Å². The highest BCUT2D eigenvalue weighted by molar-refractivity contribution is 5.27. The number of aromatic nitrogens is 2. The van der Waals surface area contributed by atoms with E-state index in [1.54, 1.807) is 24.4 Å². The summed E-state index contributed by atoms with van der Waals surface area (Å²) in [6, 6.07) is 8.67. The summed E-state index contributed by atoms with van der Waals surface area (Å²) in [7, 11) is 0. The van der Waals surface area contributed by atoms with Gasteiger partial charge in [0.05, 0.1) is 11.3 Å². The largest absolute Gasteiger partial charge is 0.416 e. The highest BCUT2D eigenvalue weighted by Crippen LogP contribution is 2.30. The molecule has 0 aliphatic carbocycles. The molecule has 1 N–H and O–H groups in total. The molecule has 0 aliphatic heterocycles. The first-order valence-electron chi connectivity index (χ1n) is 6.14. The van der Waals surface area contributed by atoms with Crippen molar-refractivity contribution in [3.05, 3.63) is 59.4 Å². The minimum atomic E-state index is -4.32. The van der Waals surface area contributed by atoms with Gasteiger partial charge in [-0.1, -0.05) is 12.1 Å². The first kappa shape index (κ1) is 14.5. The van der Waals surface area contributed by atoms with Gasteiger partial charge in [0, 0.05) is 18.8 Å². The molecule has 20 heavy (non-hydrogen) atoms. The van der Waals surface area contributed by atoms with Crippen LogP contribution in [0.25, 0.3) is 0 Å². The van der Waals surface area contributed by atoms with Gasteiger partial charge in [0.15, 0.2) is 0 Å². The summed E-state index contributed by atoms with van der Waals surface area (Å²) >= 11 is 0. The van der Waals surface area contributed by atoms with Gasteiger partial charge in [0.25, 0.3) is 0 Å². The maximum atomic E-state index is 12.6. The third kappa shape index (κ3) is 3.77. The van der Waals surface area contributed by atoms with Crippen LogP contribution in [0.4, 0.5) is 13.2 Å². The van der Waals surface area contributed by atoms with Crippen molar-refractivity contribution >= 4 is 0 Å². The Morgan fingerprint density at radius 2 is 2.00 bits per heavy atom. The predicted octanol–water partition coefficient (Wildman–Crippen LogP) is 3.35. The van der Waals surface area contributed by atoms with E-state index in [0.717, 1.165) is 17.8 Å². The van der Waals surface area contributed by atoms with E-state index in [-0.39, 0.29) is 6.04 Å². The van der Waals surface area contributed by atoms with Gasteiger partial charge in [-0.2, -0.15) is 23.4 Å². The van der Waals surface area contributed by atoms with E-state index in [1.807, 2.05) is 6.92 Å². The second kappa shape index (κ2) is 6.00. The SMILES string of the molecule is CC(NCc1cccnn1)c1cccc(C(F)(F)F)c1. The zero-order valence-corrected chi connectivity index (χ0v) is 10.9. The highest BCUT2D eigenvalue weighted by atomic mass is 19.4. The Bertz CT molecular complexity index is 555. The van der Waals surface area contributed by atoms with Crippen molar-refractivity contribution in [2.75, 3.05) is 0 Å². The van der Waals surface area contributed by atoms with Crippen LogP contribution in [0, 0.1) is 0 Å². The lowest BCUT2D eigenvalue weighted by Crippen LogP contribution is -2.19. The smallest absolute Gasteiger partial charge is 0.304 e. The van der Waals surface area contributed by atoms with Gasteiger partial charge >= 0.3 is 6.18 Å². The van der Waals surface area contributed by atoms with Crippen LogP contribution in [0.3, 0.4) is 0 Å². The van der Waals surface area contributed by atoms with Gasteiger partial charge in [0.2, 0.25) is 0 Å². The number of alkyl halides is 3. The fraction of sp³-hybridized carbons (Fsp3) is 0.286. The normalized spacial score (nSPS) is 13.2. The summed E-state index contributed by atoms with van der Waals surface area (Å²) in [6.45, 7) is 2.26. The maximum Gasteiger partial charge on any atom is 0.416 e. The molecule has 0 amide bonds. The average molecular weight is 281 g/mol. The number of nitrogens with zero attached hydrogens (tertiary/aromatic N) is 2. The van der Waals surface area contributed by atoms with Crippen molar-refractivity contribution < 1.29 is 13.2 Å². The summed E-state index contributed by atoms with van der Waals surface area (Å²) in [5.41, 5.74) is 0.693.